The van der Waals surface area contributed by atoms with Gasteiger partial charge in [-0.05, 0) is 24.7 Å². The second-order valence-electron chi connectivity index (χ2n) is 4.86. The van der Waals surface area contributed by atoms with E-state index < -0.39 is 0 Å². The Morgan fingerprint density at radius 3 is 2.95 bits per heavy atom. The van der Waals surface area contributed by atoms with E-state index in [2.05, 4.69) is 20.7 Å². The first-order valence-corrected chi connectivity index (χ1v) is 6.25. The quantitative estimate of drug-likeness (QED) is 0.484. The summed E-state index contributed by atoms with van der Waals surface area (Å²) in [6, 6.07) is 0. The van der Waals surface area contributed by atoms with Crippen molar-refractivity contribution in [1.82, 2.24) is 15.3 Å². The molecule has 1 saturated carbocycles. The minimum absolute atomic E-state index is 0.211. The third-order valence-corrected chi connectivity index (χ3v) is 3.43. The van der Waals surface area contributed by atoms with Crippen molar-refractivity contribution in [3.8, 4) is 0 Å². The molecule has 1 aliphatic rings. The van der Waals surface area contributed by atoms with Crippen LogP contribution in [0.4, 0.5) is 5.82 Å². The van der Waals surface area contributed by atoms with E-state index in [9.17, 15) is 4.79 Å². The number of amides is 1. The Labute approximate surface area is 111 Å². The van der Waals surface area contributed by atoms with Gasteiger partial charge in [0.15, 0.2) is 5.82 Å². The van der Waals surface area contributed by atoms with Gasteiger partial charge in [0.25, 0.3) is 5.91 Å². The summed E-state index contributed by atoms with van der Waals surface area (Å²) in [5.41, 5.74) is 2.84. The Bertz CT molecular complexity index is 448. The number of nitrogens with zero attached hydrogens (tertiary/aromatic N) is 2. The summed E-state index contributed by atoms with van der Waals surface area (Å²) in [7, 11) is 1.69. The zero-order valence-electron chi connectivity index (χ0n) is 11.0. The van der Waals surface area contributed by atoms with E-state index in [1.54, 1.807) is 7.11 Å². The number of nitrogens with two attached hydrogens (primary N) is 1. The lowest BCUT2D eigenvalue weighted by molar-refractivity contribution is 0.0932. The number of carbonyl (C=O) groups is 1. The highest BCUT2D eigenvalue weighted by Gasteiger charge is 2.42. The largest absolute Gasteiger partial charge is 0.385 e. The predicted molar refractivity (Wildman–Crippen MR) is 70.3 cm³/mol. The number of aromatic nitrogens is 2. The van der Waals surface area contributed by atoms with Gasteiger partial charge >= 0.3 is 0 Å². The topological polar surface area (TPSA) is 102 Å². The van der Waals surface area contributed by atoms with Gasteiger partial charge < -0.3 is 15.5 Å². The highest BCUT2D eigenvalue weighted by atomic mass is 16.5. The van der Waals surface area contributed by atoms with Gasteiger partial charge in [-0.15, -0.1) is 0 Å². The summed E-state index contributed by atoms with van der Waals surface area (Å²) >= 11 is 0. The van der Waals surface area contributed by atoms with Crippen molar-refractivity contribution in [3.63, 3.8) is 0 Å². The number of ether oxygens (including phenoxy) is 1. The van der Waals surface area contributed by atoms with Gasteiger partial charge in [-0.3, -0.25) is 9.78 Å². The van der Waals surface area contributed by atoms with E-state index >= 15 is 0 Å². The van der Waals surface area contributed by atoms with Crippen LogP contribution in [0.1, 0.15) is 29.8 Å². The Morgan fingerprint density at radius 1 is 1.53 bits per heavy atom. The van der Waals surface area contributed by atoms with Crippen molar-refractivity contribution >= 4 is 11.7 Å². The van der Waals surface area contributed by atoms with Crippen LogP contribution in [0.3, 0.4) is 0 Å². The average Bonchev–Trinajstić information content (AvgIpc) is 3.23. The Balaban J connectivity index is 1.87. The fraction of sp³-hybridized carbons (Fsp3) is 0.583. The van der Waals surface area contributed by atoms with Gasteiger partial charge in [-0.1, -0.05) is 0 Å². The van der Waals surface area contributed by atoms with E-state index in [4.69, 9.17) is 10.6 Å². The molecule has 1 aliphatic carbocycles. The molecule has 104 valence electrons. The molecule has 0 aromatic carbocycles. The molecule has 1 aromatic rings. The average molecular weight is 265 g/mol. The Morgan fingerprint density at radius 2 is 2.32 bits per heavy atom. The number of carbonyl (C=O) groups excluding carboxylic acids is 1. The molecule has 1 heterocycles. The van der Waals surface area contributed by atoms with Crippen LogP contribution in [-0.2, 0) is 4.74 Å². The van der Waals surface area contributed by atoms with E-state index in [1.165, 1.54) is 12.4 Å². The highest BCUT2D eigenvalue weighted by Crippen LogP contribution is 2.48. The summed E-state index contributed by atoms with van der Waals surface area (Å²) in [6.07, 6.45) is 6.11. The van der Waals surface area contributed by atoms with E-state index in [-0.39, 0.29) is 17.0 Å². The number of nitrogens with one attached hydrogen (secondary N) is 2. The van der Waals surface area contributed by atoms with Crippen LogP contribution in [0.25, 0.3) is 0 Å². The lowest BCUT2D eigenvalue weighted by Crippen LogP contribution is -2.31. The second-order valence-corrected chi connectivity index (χ2v) is 4.86. The first-order chi connectivity index (χ1) is 9.19. The smallest absolute Gasteiger partial charge is 0.271 e. The number of rotatable bonds is 7. The maximum absolute atomic E-state index is 11.9. The number of methoxy groups -OCH3 is 1. The fourth-order valence-electron chi connectivity index (χ4n) is 1.91. The van der Waals surface area contributed by atoms with Crippen LogP contribution in [0, 0.1) is 5.41 Å². The molecule has 0 aliphatic heterocycles. The van der Waals surface area contributed by atoms with Gasteiger partial charge in [0.05, 0.1) is 12.4 Å². The Kier molecular flexibility index (Phi) is 4.28. The lowest BCUT2D eigenvalue weighted by Gasteiger charge is -2.15. The summed E-state index contributed by atoms with van der Waals surface area (Å²) in [5, 5.41) is 2.90. The molecular weight excluding hydrogens is 246 g/mol. The standard InChI is InChI=1S/C12H19N5O2/c1-19-5-4-12(2-3-12)8-15-11(18)9-6-14-7-10(16-9)17-13/h6-7H,2-5,8,13H2,1H3,(H,15,18)(H,16,17). The minimum atomic E-state index is -0.228. The summed E-state index contributed by atoms with van der Waals surface area (Å²) in [6.45, 7) is 1.37. The van der Waals surface area contributed by atoms with Crippen LogP contribution in [0.2, 0.25) is 0 Å². The summed E-state index contributed by atoms with van der Waals surface area (Å²) in [5.74, 6) is 5.37. The SMILES string of the molecule is COCCC1(CNC(=O)c2cncc(NN)n2)CC1. The first kappa shape index (κ1) is 13.7. The Hall–Kier alpha value is -1.73. The molecule has 7 heteroatoms. The second kappa shape index (κ2) is 5.94. The van der Waals surface area contributed by atoms with Crippen LogP contribution < -0.4 is 16.6 Å². The van der Waals surface area contributed by atoms with Gasteiger partial charge in [-0.2, -0.15) is 0 Å². The van der Waals surface area contributed by atoms with Crippen molar-refractivity contribution in [3.05, 3.63) is 18.1 Å². The molecule has 7 nitrogen and oxygen atoms in total. The van der Waals surface area contributed by atoms with Gasteiger partial charge in [0, 0.05) is 20.3 Å². The van der Waals surface area contributed by atoms with E-state index in [0.717, 1.165) is 25.9 Å². The molecule has 1 fully saturated rings. The van der Waals surface area contributed by atoms with E-state index in [0.29, 0.717) is 12.4 Å². The van der Waals surface area contributed by atoms with Crippen molar-refractivity contribution in [1.29, 1.82) is 0 Å². The van der Waals surface area contributed by atoms with Gasteiger partial charge in [0.1, 0.15) is 5.69 Å². The van der Waals surface area contributed by atoms with Crippen molar-refractivity contribution in [2.75, 3.05) is 25.7 Å². The monoisotopic (exact) mass is 265 g/mol. The number of hydrazine groups is 1. The molecule has 0 spiro atoms. The number of nitrogen functional groups attached to an aromatic ring is 1. The number of hydrogen-bond acceptors (Lipinski definition) is 6. The summed E-state index contributed by atoms with van der Waals surface area (Å²) in [4.78, 5) is 19.9. The zero-order chi connectivity index (χ0) is 13.7. The van der Waals surface area contributed by atoms with Crippen LogP contribution in [0.5, 0.6) is 0 Å². The molecule has 0 unspecified atom stereocenters. The molecule has 1 aromatic heterocycles. The zero-order valence-corrected chi connectivity index (χ0v) is 11.0. The third kappa shape index (κ3) is 3.62. The van der Waals surface area contributed by atoms with Crippen molar-refractivity contribution in [2.45, 2.75) is 19.3 Å². The molecule has 19 heavy (non-hydrogen) atoms. The maximum Gasteiger partial charge on any atom is 0.271 e. The molecule has 0 atom stereocenters. The third-order valence-electron chi connectivity index (χ3n) is 3.43. The normalized spacial score (nSPS) is 15.9. The highest BCUT2D eigenvalue weighted by molar-refractivity contribution is 5.92. The molecule has 1 amide bonds. The molecule has 4 N–H and O–H groups in total. The first-order valence-electron chi connectivity index (χ1n) is 6.25. The molecule has 2 rings (SSSR count). The predicted octanol–water partition coefficient (Wildman–Crippen LogP) is 0.309. The number of anilines is 1. The van der Waals surface area contributed by atoms with Crippen molar-refractivity contribution < 1.29 is 9.53 Å². The van der Waals surface area contributed by atoms with Gasteiger partial charge in [-0.25, -0.2) is 10.8 Å². The molecule has 0 saturated heterocycles. The minimum Gasteiger partial charge on any atom is -0.385 e. The molecular formula is C12H19N5O2. The van der Waals surface area contributed by atoms with Crippen molar-refractivity contribution in [2.24, 2.45) is 11.3 Å². The van der Waals surface area contributed by atoms with Crippen LogP contribution in [-0.4, -0.2) is 36.1 Å². The van der Waals surface area contributed by atoms with E-state index in [1.807, 2.05) is 0 Å². The van der Waals surface area contributed by atoms with Crippen LogP contribution >= 0.6 is 0 Å². The molecule has 0 radical (unpaired) electrons. The maximum atomic E-state index is 11.9. The van der Waals surface area contributed by atoms with Crippen LogP contribution in [0.15, 0.2) is 12.4 Å². The molecule has 0 bridgehead atoms. The summed E-state index contributed by atoms with van der Waals surface area (Å²) < 4.78 is 5.08. The van der Waals surface area contributed by atoms with Gasteiger partial charge in [0.2, 0.25) is 0 Å². The lowest BCUT2D eigenvalue weighted by atomic mass is 10.0. The fourth-order valence-corrected chi connectivity index (χ4v) is 1.91. The number of hydrogen-bond donors (Lipinski definition) is 3.